The number of hydrogen-bond acceptors (Lipinski definition) is 4. The van der Waals surface area contributed by atoms with Crippen molar-refractivity contribution in [2.75, 3.05) is 0 Å². The molecular formula is C17H19N3O. The van der Waals surface area contributed by atoms with Crippen LogP contribution in [0.1, 0.15) is 37.9 Å². The van der Waals surface area contributed by atoms with Crippen LogP contribution in [0.15, 0.2) is 28.8 Å². The van der Waals surface area contributed by atoms with E-state index >= 15 is 0 Å². The monoisotopic (exact) mass is 281 g/mol. The summed E-state index contributed by atoms with van der Waals surface area (Å²) in [6, 6.07) is 8.14. The van der Waals surface area contributed by atoms with Gasteiger partial charge in [-0.25, -0.2) is 0 Å². The second kappa shape index (κ2) is 4.65. The Morgan fingerprint density at radius 2 is 1.81 bits per heavy atom. The first kappa shape index (κ1) is 13.7. The van der Waals surface area contributed by atoms with Crippen molar-refractivity contribution in [3.05, 3.63) is 41.3 Å². The maximum atomic E-state index is 5.49. The van der Waals surface area contributed by atoms with Gasteiger partial charge < -0.3 is 4.52 Å². The standard InChI is InChI=1S/C17H19N3O/c1-10-7-6-8-12-13(9-11(2)18-14(10)12)15-19-16(20-21-15)17(3,4)5/h6-9H,1-5H3. The van der Waals surface area contributed by atoms with Crippen LogP contribution in [0.5, 0.6) is 0 Å². The number of rotatable bonds is 1. The number of aromatic nitrogens is 3. The van der Waals surface area contributed by atoms with Gasteiger partial charge in [-0.3, -0.25) is 4.98 Å². The lowest BCUT2D eigenvalue weighted by Crippen LogP contribution is -2.13. The topological polar surface area (TPSA) is 51.8 Å². The summed E-state index contributed by atoms with van der Waals surface area (Å²) in [7, 11) is 0. The van der Waals surface area contributed by atoms with E-state index < -0.39 is 0 Å². The molecule has 0 aliphatic heterocycles. The van der Waals surface area contributed by atoms with Crippen LogP contribution in [-0.2, 0) is 5.41 Å². The second-order valence-electron chi connectivity index (χ2n) is 6.46. The Kier molecular flexibility index (Phi) is 3.04. The molecule has 2 heterocycles. The summed E-state index contributed by atoms with van der Waals surface area (Å²) in [6.45, 7) is 10.3. The number of hydrogen-bond donors (Lipinski definition) is 0. The summed E-state index contributed by atoms with van der Waals surface area (Å²) < 4.78 is 5.49. The molecule has 0 spiro atoms. The molecule has 0 saturated heterocycles. The van der Waals surface area contributed by atoms with E-state index in [9.17, 15) is 0 Å². The van der Waals surface area contributed by atoms with Gasteiger partial charge in [0, 0.05) is 16.5 Å². The smallest absolute Gasteiger partial charge is 0.258 e. The molecule has 3 rings (SSSR count). The van der Waals surface area contributed by atoms with Crippen molar-refractivity contribution in [1.82, 2.24) is 15.1 Å². The maximum absolute atomic E-state index is 5.49. The largest absolute Gasteiger partial charge is 0.334 e. The third kappa shape index (κ3) is 2.42. The Labute approximate surface area is 124 Å². The Bertz CT molecular complexity index is 813. The zero-order valence-electron chi connectivity index (χ0n) is 13.1. The van der Waals surface area contributed by atoms with E-state index in [1.165, 1.54) is 0 Å². The lowest BCUT2D eigenvalue weighted by Gasteiger charge is -2.11. The van der Waals surface area contributed by atoms with Crippen molar-refractivity contribution in [3.8, 4) is 11.5 Å². The molecule has 0 aliphatic rings. The maximum Gasteiger partial charge on any atom is 0.258 e. The van der Waals surface area contributed by atoms with Gasteiger partial charge in [0.25, 0.3) is 5.89 Å². The van der Waals surface area contributed by atoms with Gasteiger partial charge in [0.2, 0.25) is 0 Å². The van der Waals surface area contributed by atoms with Gasteiger partial charge in [0.05, 0.1) is 11.1 Å². The quantitative estimate of drug-likeness (QED) is 0.670. The molecule has 0 fully saturated rings. The van der Waals surface area contributed by atoms with E-state index in [4.69, 9.17) is 4.52 Å². The molecule has 0 radical (unpaired) electrons. The highest BCUT2D eigenvalue weighted by molar-refractivity contribution is 5.94. The van der Waals surface area contributed by atoms with Gasteiger partial charge in [0.15, 0.2) is 5.82 Å². The molecule has 4 nitrogen and oxygen atoms in total. The van der Waals surface area contributed by atoms with Crippen molar-refractivity contribution in [1.29, 1.82) is 0 Å². The number of fused-ring (bicyclic) bond motifs is 1. The molecule has 108 valence electrons. The molecule has 1 aromatic carbocycles. The highest BCUT2D eigenvalue weighted by Crippen LogP contribution is 2.30. The first-order valence-corrected chi connectivity index (χ1v) is 7.08. The first-order valence-electron chi connectivity index (χ1n) is 7.08. The minimum Gasteiger partial charge on any atom is -0.334 e. The summed E-state index contributed by atoms with van der Waals surface area (Å²) in [4.78, 5) is 9.19. The fourth-order valence-electron chi connectivity index (χ4n) is 2.33. The SMILES string of the molecule is Cc1cc(-c2nc(C(C)(C)C)no2)c2cccc(C)c2n1. The fourth-order valence-corrected chi connectivity index (χ4v) is 2.33. The first-order chi connectivity index (χ1) is 9.86. The van der Waals surface area contributed by atoms with Gasteiger partial charge in [-0.05, 0) is 25.5 Å². The Hall–Kier alpha value is -2.23. The molecule has 0 bridgehead atoms. The molecule has 0 atom stereocenters. The van der Waals surface area contributed by atoms with Gasteiger partial charge in [-0.1, -0.05) is 44.1 Å². The van der Waals surface area contributed by atoms with Crippen molar-refractivity contribution in [3.63, 3.8) is 0 Å². The summed E-state index contributed by atoms with van der Waals surface area (Å²) >= 11 is 0. The highest BCUT2D eigenvalue weighted by Gasteiger charge is 2.22. The molecular weight excluding hydrogens is 262 g/mol. The minimum absolute atomic E-state index is 0.129. The zero-order valence-corrected chi connectivity index (χ0v) is 13.1. The van der Waals surface area contributed by atoms with Crippen LogP contribution in [0.25, 0.3) is 22.4 Å². The van der Waals surface area contributed by atoms with Gasteiger partial charge in [-0.2, -0.15) is 4.98 Å². The molecule has 2 aromatic heterocycles. The number of pyridine rings is 1. The lowest BCUT2D eigenvalue weighted by atomic mass is 9.96. The van der Waals surface area contributed by atoms with Gasteiger partial charge in [0.1, 0.15) is 0 Å². The second-order valence-corrected chi connectivity index (χ2v) is 6.46. The minimum atomic E-state index is -0.129. The van der Waals surface area contributed by atoms with E-state index in [1.54, 1.807) is 0 Å². The van der Waals surface area contributed by atoms with E-state index in [0.29, 0.717) is 11.7 Å². The van der Waals surface area contributed by atoms with Crippen LogP contribution in [0.4, 0.5) is 0 Å². The van der Waals surface area contributed by atoms with Crippen molar-refractivity contribution in [2.24, 2.45) is 0 Å². The molecule has 3 aromatic rings. The third-order valence-corrected chi connectivity index (χ3v) is 3.50. The van der Waals surface area contributed by atoms with Crippen LogP contribution in [-0.4, -0.2) is 15.1 Å². The predicted octanol–water partition coefficient (Wildman–Crippen LogP) is 4.20. The van der Waals surface area contributed by atoms with Gasteiger partial charge in [-0.15, -0.1) is 0 Å². The molecule has 0 amide bonds. The molecule has 0 aliphatic carbocycles. The average Bonchev–Trinajstić information content (AvgIpc) is 2.88. The summed E-state index contributed by atoms with van der Waals surface area (Å²) in [5.74, 6) is 1.27. The Balaban J connectivity index is 2.25. The fraction of sp³-hybridized carbons (Fsp3) is 0.353. The molecule has 0 saturated carbocycles. The highest BCUT2D eigenvalue weighted by atomic mass is 16.5. The lowest BCUT2D eigenvalue weighted by molar-refractivity contribution is 0.402. The van der Waals surface area contributed by atoms with E-state index in [2.05, 4.69) is 48.9 Å². The van der Waals surface area contributed by atoms with Crippen LogP contribution in [0.3, 0.4) is 0 Å². The van der Waals surface area contributed by atoms with Crippen molar-refractivity contribution in [2.45, 2.75) is 40.0 Å². The number of benzene rings is 1. The number of nitrogens with zero attached hydrogens (tertiary/aromatic N) is 3. The van der Waals surface area contributed by atoms with E-state index in [1.807, 2.05) is 25.1 Å². The van der Waals surface area contributed by atoms with Crippen molar-refractivity contribution < 1.29 is 4.52 Å². The van der Waals surface area contributed by atoms with Gasteiger partial charge >= 0.3 is 0 Å². The third-order valence-electron chi connectivity index (χ3n) is 3.50. The van der Waals surface area contributed by atoms with E-state index in [-0.39, 0.29) is 5.41 Å². The predicted molar refractivity (Wildman–Crippen MR) is 83.2 cm³/mol. The molecule has 21 heavy (non-hydrogen) atoms. The number of para-hydroxylation sites is 1. The van der Waals surface area contributed by atoms with Crippen LogP contribution < -0.4 is 0 Å². The van der Waals surface area contributed by atoms with Crippen LogP contribution >= 0.6 is 0 Å². The van der Waals surface area contributed by atoms with E-state index in [0.717, 1.165) is 27.7 Å². The van der Waals surface area contributed by atoms with Crippen LogP contribution in [0.2, 0.25) is 0 Å². The van der Waals surface area contributed by atoms with Crippen molar-refractivity contribution >= 4 is 10.9 Å². The normalized spacial score (nSPS) is 12.0. The molecule has 0 unspecified atom stereocenters. The molecule has 4 heteroatoms. The van der Waals surface area contributed by atoms with Crippen LogP contribution in [0, 0.1) is 13.8 Å². The molecule has 0 N–H and O–H groups in total. The summed E-state index contributed by atoms with van der Waals surface area (Å²) in [5.41, 5.74) is 3.90. The summed E-state index contributed by atoms with van der Waals surface area (Å²) in [5, 5.41) is 5.16. The Morgan fingerprint density at radius 1 is 1.05 bits per heavy atom. The summed E-state index contributed by atoms with van der Waals surface area (Å²) in [6.07, 6.45) is 0. The average molecular weight is 281 g/mol. The Morgan fingerprint density at radius 3 is 2.48 bits per heavy atom. The number of aryl methyl sites for hydroxylation is 2. The zero-order chi connectivity index (χ0) is 15.2.